The second-order valence-corrected chi connectivity index (χ2v) is 13.0. The van der Waals surface area contributed by atoms with Gasteiger partial charge in [-0.1, -0.05) is 29.8 Å². The topological polar surface area (TPSA) is 68.1 Å². The highest BCUT2D eigenvalue weighted by atomic mass is 35.5. The molecule has 1 atom stereocenters. The highest BCUT2D eigenvalue weighted by Crippen LogP contribution is 2.44. The van der Waals surface area contributed by atoms with Gasteiger partial charge in [-0.15, -0.1) is 11.3 Å². The summed E-state index contributed by atoms with van der Waals surface area (Å²) < 4.78 is 28.1. The average Bonchev–Trinajstić information content (AvgIpc) is 3.41. The highest BCUT2D eigenvalue weighted by molar-refractivity contribution is 7.88. The summed E-state index contributed by atoms with van der Waals surface area (Å²) in [6.45, 7) is 1.11. The van der Waals surface area contributed by atoms with Crippen LogP contribution in [0.1, 0.15) is 65.5 Å². The molecular weight excluding hydrogens is 500 g/mol. The minimum atomic E-state index is -3.16. The molecule has 2 aromatic heterocycles. The molecule has 4 aromatic rings. The largest absolute Gasteiger partial charge is 0.325 e. The quantitative estimate of drug-likeness (QED) is 0.318. The third-order valence-corrected chi connectivity index (χ3v) is 9.57. The van der Waals surface area contributed by atoms with Crippen LogP contribution in [0.5, 0.6) is 0 Å². The Labute approximate surface area is 214 Å². The minimum absolute atomic E-state index is 0.0106. The summed E-state index contributed by atoms with van der Waals surface area (Å²) in [6, 6.07) is 14.8. The van der Waals surface area contributed by atoms with E-state index in [-0.39, 0.29) is 12.0 Å². The van der Waals surface area contributed by atoms with Gasteiger partial charge in [-0.2, -0.15) is 0 Å². The molecule has 1 unspecified atom stereocenters. The molecule has 6 nitrogen and oxygen atoms in total. The van der Waals surface area contributed by atoms with Crippen molar-refractivity contribution in [3.63, 3.8) is 0 Å². The van der Waals surface area contributed by atoms with Crippen LogP contribution in [0.15, 0.2) is 54.0 Å². The SMILES string of the molecule is CS(=O)(=O)N1CCC(n2c(C3CC3)nc3ccc(C(c4ccc(Cl)cc4)c4nccs4)cc32)CC1. The first-order valence-corrected chi connectivity index (χ1v) is 15.1. The van der Waals surface area contributed by atoms with Crippen LogP contribution in [0.4, 0.5) is 0 Å². The third kappa shape index (κ3) is 4.53. The molecule has 6 rings (SSSR count). The zero-order valence-electron chi connectivity index (χ0n) is 19.5. The molecule has 1 aliphatic heterocycles. The number of rotatable bonds is 6. The Kier molecular flexibility index (Phi) is 5.95. The van der Waals surface area contributed by atoms with Crippen molar-refractivity contribution < 1.29 is 8.42 Å². The third-order valence-electron chi connectivity index (χ3n) is 7.18. The molecule has 1 saturated carbocycles. The van der Waals surface area contributed by atoms with E-state index in [0.717, 1.165) is 45.3 Å². The van der Waals surface area contributed by atoms with Crippen molar-refractivity contribution in [2.45, 2.75) is 43.6 Å². The van der Waals surface area contributed by atoms with Crippen molar-refractivity contribution in [3.05, 3.63) is 81.0 Å². The van der Waals surface area contributed by atoms with E-state index in [1.165, 1.54) is 24.7 Å². The molecule has 182 valence electrons. The number of halogens is 1. The molecule has 1 aliphatic carbocycles. The molecule has 35 heavy (non-hydrogen) atoms. The number of nitrogens with zero attached hydrogens (tertiary/aromatic N) is 4. The predicted octanol–water partition coefficient (Wildman–Crippen LogP) is 5.80. The number of imidazole rings is 1. The molecule has 1 saturated heterocycles. The van der Waals surface area contributed by atoms with Gasteiger partial charge in [0.05, 0.1) is 23.2 Å². The summed E-state index contributed by atoms with van der Waals surface area (Å²) in [5.41, 5.74) is 4.47. The maximum atomic E-state index is 12.1. The van der Waals surface area contributed by atoms with E-state index in [0.29, 0.717) is 19.0 Å². The zero-order chi connectivity index (χ0) is 24.2. The van der Waals surface area contributed by atoms with Crippen molar-refractivity contribution in [3.8, 4) is 0 Å². The van der Waals surface area contributed by atoms with Crippen molar-refractivity contribution in [2.75, 3.05) is 19.3 Å². The smallest absolute Gasteiger partial charge is 0.211 e. The molecule has 0 N–H and O–H groups in total. The highest BCUT2D eigenvalue weighted by Gasteiger charge is 2.34. The predicted molar refractivity (Wildman–Crippen MR) is 141 cm³/mol. The van der Waals surface area contributed by atoms with Crippen LogP contribution in [0.2, 0.25) is 5.02 Å². The normalized spacial score (nSPS) is 18.8. The number of benzene rings is 2. The van der Waals surface area contributed by atoms with Gasteiger partial charge in [0.1, 0.15) is 10.8 Å². The van der Waals surface area contributed by atoms with Gasteiger partial charge in [0.15, 0.2) is 0 Å². The van der Waals surface area contributed by atoms with Crippen LogP contribution in [0.3, 0.4) is 0 Å². The Bertz CT molecular complexity index is 1450. The monoisotopic (exact) mass is 526 g/mol. The van der Waals surface area contributed by atoms with Crippen molar-refractivity contribution in [2.24, 2.45) is 0 Å². The van der Waals surface area contributed by atoms with Crippen molar-refractivity contribution in [1.82, 2.24) is 18.8 Å². The number of hydrogen-bond donors (Lipinski definition) is 0. The Morgan fingerprint density at radius 2 is 1.74 bits per heavy atom. The van der Waals surface area contributed by atoms with Crippen LogP contribution in [-0.2, 0) is 10.0 Å². The molecule has 3 heterocycles. The number of sulfonamides is 1. The second kappa shape index (κ2) is 9.00. The van der Waals surface area contributed by atoms with E-state index in [1.54, 1.807) is 15.6 Å². The Morgan fingerprint density at radius 1 is 1.03 bits per heavy atom. The lowest BCUT2D eigenvalue weighted by Gasteiger charge is -2.32. The van der Waals surface area contributed by atoms with E-state index in [4.69, 9.17) is 16.6 Å². The summed E-state index contributed by atoms with van der Waals surface area (Å²) >= 11 is 7.84. The molecule has 0 radical (unpaired) electrons. The lowest BCUT2D eigenvalue weighted by molar-refractivity contribution is 0.275. The maximum absolute atomic E-state index is 12.1. The van der Waals surface area contributed by atoms with Gasteiger partial charge in [0.2, 0.25) is 10.0 Å². The van der Waals surface area contributed by atoms with E-state index in [1.807, 2.05) is 23.7 Å². The number of thiazole rings is 1. The minimum Gasteiger partial charge on any atom is -0.325 e. The lowest BCUT2D eigenvalue weighted by atomic mass is 9.91. The fraction of sp³-hybridized carbons (Fsp3) is 0.385. The summed E-state index contributed by atoms with van der Waals surface area (Å²) in [6.07, 6.45) is 7.10. The van der Waals surface area contributed by atoms with Crippen LogP contribution < -0.4 is 0 Å². The Morgan fingerprint density at radius 3 is 2.37 bits per heavy atom. The zero-order valence-corrected chi connectivity index (χ0v) is 21.9. The summed E-state index contributed by atoms with van der Waals surface area (Å²) in [7, 11) is -3.16. The summed E-state index contributed by atoms with van der Waals surface area (Å²) in [5, 5.41) is 3.78. The standard InChI is InChI=1S/C26H27ClN4O2S2/c1-35(32,33)30-13-10-21(11-14-30)31-23-16-19(6-9-22(23)29-25(31)18-2-3-18)24(26-28-12-15-34-26)17-4-7-20(27)8-5-17/h4-9,12,15-16,18,21,24H,2-3,10-11,13-14H2,1H3. The molecule has 0 amide bonds. The van der Waals surface area contributed by atoms with Crippen LogP contribution in [0, 0.1) is 0 Å². The molecule has 9 heteroatoms. The Hall–Kier alpha value is -2.26. The molecule has 2 fully saturated rings. The van der Waals surface area contributed by atoms with Gasteiger partial charge < -0.3 is 4.57 Å². The first-order chi connectivity index (χ1) is 16.9. The van der Waals surface area contributed by atoms with Gasteiger partial charge in [-0.05, 0) is 61.1 Å². The fourth-order valence-corrected chi connectivity index (χ4v) is 7.05. The second-order valence-electron chi connectivity index (χ2n) is 9.61. The van der Waals surface area contributed by atoms with Crippen LogP contribution in [0.25, 0.3) is 11.0 Å². The van der Waals surface area contributed by atoms with Gasteiger partial charge in [0, 0.05) is 41.6 Å². The summed E-state index contributed by atoms with van der Waals surface area (Å²) in [5.74, 6) is 1.67. The number of piperidine rings is 1. The van der Waals surface area contributed by atoms with E-state index >= 15 is 0 Å². The lowest BCUT2D eigenvalue weighted by Crippen LogP contribution is -2.38. The van der Waals surface area contributed by atoms with Gasteiger partial charge >= 0.3 is 0 Å². The molecule has 2 aliphatic rings. The van der Waals surface area contributed by atoms with Gasteiger partial charge in [-0.25, -0.2) is 22.7 Å². The number of aromatic nitrogens is 3. The van der Waals surface area contributed by atoms with E-state index in [2.05, 4.69) is 39.9 Å². The van der Waals surface area contributed by atoms with Crippen LogP contribution >= 0.6 is 22.9 Å². The van der Waals surface area contributed by atoms with Gasteiger partial charge in [-0.3, -0.25) is 0 Å². The van der Waals surface area contributed by atoms with E-state index in [9.17, 15) is 8.42 Å². The maximum Gasteiger partial charge on any atom is 0.211 e. The van der Waals surface area contributed by atoms with Crippen LogP contribution in [-0.4, -0.2) is 46.6 Å². The van der Waals surface area contributed by atoms with Crippen molar-refractivity contribution in [1.29, 1.82) is 0 Å². The fourth-order valence-electron chi connectivity index (χ4n) is 5.26. The van der Waals surface area contributed by atoms with Gasteiger partial charge in [0.25, 0.3) is 0 Å². The molecule has 0 bridgehead atoms. The molecular formula is C26H27ClN4O2S2. The number of fused-ring (bicyclic) bond motifs is 1. The Balaban J connectivity index is 1.44. The van der Waals surface area contributed by atoms with Crippen molar-refractivity contribution >= 4 is 44.0 Å². The molecule has 2 aromatic carbocycles. The van der Waals surface area contributed by atoms with E-state index < -0.39 is 10.0 Å². The first-order valence-electron chi connectivity index (χ1n) is 12.0. The first kappa shape index (κ1) is 23.2. The summed E-state index contributed by atoms with van der Waals surface area (Å²) in [4.78, 5) is 9.73. The average molecular weight is 527 g/mol. The number of hydrogen-bond acceptors (Lipinski definition) is 5. The molecule has 0 spiro atoms.